The molecular formula is C28H53N5O3S2. The molecule has 1 heterocycles. The third kappa shape index (κ3) is 19.9. The molecule has 38 heavy (non-hydrogen) atoms. The van der Waals surface area contributed by atoms with Crippen LogP contribution in [0.15, 0.2) is 5.11 Å². The van der Waals surface area contributed by atoms with E-state index < -0.39 is 0 Å². The summed E-state index contributed by atoms with van der Waals surface area (Å²) in [5.41, 5.74) is 8.23. The van der Waals surface area contributed by atoms with Crippen molar-refractivity contribution in [3.63, 3.8) is 0 Å². The summed E-state index contributed by atoms with van der Waals surface area (Å²) in [5, 5.41) is 16.2. The highest BCUT2D eigenvalue weighted by molar-refractivity contribution is 8.77. The Labute approximate surface area is 239 Å². The first kappa shape index (κ1) is 34.9. The quantitative estimate of drug-likeness (QED) is 0.0411. The lowest BCUT2D eigenvalue weighted by Crippen LogP contribution is -2.30. The monoisotopic (exact) mass is 571 g/mol. The summed E-state index contributed by atoms with van der Waals surface area (Å²) in [6, 6.07) is 0. The van der Waals surface area contributed by atoms with E-state index in [9.17, 15) is 14.7 Å². The Morgan fingerprint density at radius 2 is 1.55 bits per heavy atom. The van der Waals surface area contributed by atoms with Gasteiger partial charge in [-0.2, -0.15) is 0 Å². The van der Waals surface area contributed by atoms with Crippen molar-refractivity contribution in [1.82, 2.24) is 10.2 Å². The predicted molar refractivity (Wildman–Crippen MR) is 162 cm³/mol. The molecule has 220 valence electrons. The third-order valence-corrected chi connectivity index (χ3v) is 10.3. The fourth-order valence-electron chi connectivity index (χ4n) is 4.56. The largest absolute Gasteiger partial charge is 0.391 e. The number of amides is 2. The zero-order valence-electron chi connectivity index (χ0n) is 24.0. The number of likely N-dealkylation sites (tertiary alicyclic amines) is 1. The molecule has 1 aliphatic rings. The van der Waals surface area contributed by atoms with Crippen LogP contribution in [0.4, 0.5) is 0 Å². The molecule has 2 N–H and O–H groups in total. The average Bonchev–Trinajstić information content (AvgIpc) is 3.33. The minimum atomic E-state index is -0.358. The van der Waals surface area contributed by atoms with Gasteiger partial charge in [0.25, 0.3) is 0 Å². The van der Waals surface area contributed by atoms with E-state index in [1.807, 2.05) is 0 Å². The van der Waals surface area contributed by atoms with Gasteiger partial charge in [-0.05, 0) is 45.1 Å². The van der Waals surface area contributed by atoms with Gasteiger partial charge in [0.2, 0.25) is 11.8 Å². The number of unbranched alkanes of at least 4 members (excludes halogenated alkanes) is 12. The molecule has 0 spiro atoms. The number of carbonyl (C=O) groups is 2. The summed E-state index contributed by atoms with van der Waals surface area (Å²) in [7, 11) is 3.55. The maximum absolute atomic E-state index is 12.3. The van der Waals surface area contributed by atoms with E-state index in [2.05, 4.69) is 29.2 Å². The number of aliphatic hydroxyl groups excluding tert-OH is 1. The van der Waals surface area contributed by atoms with E-state index >= 15 is 0 Å². The van der Waals surface area contributed by atoms with Crippen LogP contribution in [0.2, 0.25) is 0 Å². The van der Waals surface area contributed by atoms with Gasteiger partial charge in [0.05, 0.1) is 6.10 Å². The summed E-state index contributed by atoms with van der Waals surface area (Å²) in [4.78, 5) is 28.9. The number of nitrogens with one attached hydrogen (secondary N) is 1. The number of azide groups is 1. The first-order valence-corrected chi connectivity index (χ1v) is 17.2. The van der Waals surface area contributed by atoms with E-state index in [0.29, 0.717) is 45.4 Å². The number of β-amino-alcohol motifs (C(OH)–C–C–N with tert-alkyl or cyclic N) is 1. The van der Waals surface area contributed by atoms with E-state index in [4.69, 9.17) is 5.53 Å². The number of aliphatic hydroxyl groups is 1. The van der Waals surface area contributed by atoms with Crippen molar-refractivity contribution in [3.05, 3.63) is 10.4 Å². The van der Waals surface area contributed by atoms with Gasteiger partial charge in [0.15, 0.2) is 0 Å². The molecule has 1 aliphatic heterocycles. The molecule has 1 rings (SSSR count). The Bertz CT molecular complexity index is 689. The van der Waals surface area contributed by atoms with E-state index in [0.717, 1.165) is 31.4 Å². The molecule has 1 atom stereocenters. The number of hydrogen-bond donors (Lipinski definition) is 2. The average molecular weight is 572 g/mol. The SMILES string of the molecule is CC(C)(CCC(=O)N1CC[C@@H](O)C1)SSCCNC(=O)CCCCCCCCCCCCCCCN=[N+]=[N-]. The van der Waals surface area contributed by atoms with Crippen molar-refractivity contribution in [2.45, 2.75) is 134 Å². The summed E-state index contributed by atoms with van der Waals surface area (Å²) in [6.07, 6.45) is 18.2. The normalized spacial score (nSPS) is 15.4. The molecule has 1 fully saturated rings. The molecule has 0 radical (unpaired) electrons. The van der Waals surface area contributed by atoms with Crippen LogP contribution >= 0.6 is 21.6 Å². The van der Waals surface area contributed by atoms with E-state index in [1.165, 1.54) is 64.2 Å². The predicted octanol–water partition coefficient (Wildman–Crippen LogP) is 7.41. The lowest BCUT2D eigenvalue weighted by atomic mass is 10.0. The smallest absolute Gasteiger partial charge is 0.222 e. The molecule has 0 unspecified atom stereocenters. The molecule has 10 heteroatoms. The van der Waals surface area contributed by atoms with Gasteiger partial charge in [0, 0.05) is 54.4 Å². The summed E-state index contributed by atoms with van der Waals surface area (Å²) < 4.78 is -0.00169. The summed E-state index contributed by atoms with van der Waals surface area (Å²) in [5.74, 6) is 1.17. The van der Waals surface area contributed by atoms with Gasteiger partial charge >= 0.3 is 0 Å². The second-order valence-corrected chi connectivity index (χ2v) is 14.2. The van der Waals surface area contributed by atoms with E-state index in [1.54, 1.807) is 26.5 Å². The molecule has 0 bridgehead atoms. The van der Waals surface area contributed by atoms with Crippen LogP contribution in [-0.2, 0) is 9.59 Å². The van der Waals surface area contributed by atoms with Crippen LogP contribution in [0, 0.1) is 0 Å². The van der Waals surface area contributed by atoms with Crippen LogP contribution in [0.25, 0.3) is 10.4 Å². The zero-order valence-corrected chi connectivity index (χ0v) is 25.6. The lowest BCUT2D eigenvalue weighted by molar-refractivity contribution is -0.130. The fraction of sp³-hybridized carbons (Fsp3) is 0.929. The molecule has 0 aliphatic carbocycles. The molecular weight excluding hydrogens is 518 g/mol. The highest BCUT2D eigenvalue weighted by Crippen LogP contribution is 2.38. The highest BCUT2D eigenvalue weighted by atomic mass is 33.1. The Kier molecular flexibility index (Phi) is 20.9. The zero-order chi connectivity index (χ0) is 27.9. The molecule has 1 saturated heterocycles. The molecule has 0 aromatic rings. The molecule has 0 aromatic carbocycles. The second-order valence-electron chi connectivity index (χ2n) is 11.1. The molecule has 2 amide bonds. The Hall–Kier alpha value is -1.09. The van der Waals surface area contributed by atoms with Crippen molar-refractivity contribution >= 4 is 33.4 Å². The van der Waals surface area contributed by atoms with Crippen LogP contribution in [0.3, 0.4) is 0 Å². The number of nitrogens with zero attached hydrogens (tertiary/aromatic N) is 4. The molecule has 8 nitrogen and oxygen atoms in total. The maximum Gasteiger partial charge on any atom is 0.222 e. The number of carbonyl (C=O) groups excluding carboxylic acids is 2. The van der Waals surface area contributed by atoms with E-state index in [-0.39, 0.29) is 22.7 Å². The first-order valence-electron chi connectivity index (χ1n) is 14.9. The first-order chi connectivity index (χ1) is 18.3. The minimum absolute atomic E-state index is 0.00169. The van der Waals surface area contributed by atoms with Crippen molar-refractivity contribution in [1.29, 1.82) is 0 Å². The topological polar surface area (TPSA) is 118 Å². The summed E-state index contributed by atoms with van der Waals surface area (Å²) >= 11 is 0. The van der Waals surface area contributed by atoms with Crippen LogP contribution in [0.1, 0.15) is 123 Å². The molecule has 0 aromatic heterocycles. The third-order valence-electron chi connectivity index (χ3n) is 6.97. The van der Waals surface area contributed by atoms with Gasteiger partial charge in [-0.15, -0.1) is 0 Å². The van der Waals surface area contributed by atoms with Crippen molar-refractivity contribution in [3.8, 4) is 0 Å². The molecule has 0 saturated carbocycles. The van der Waals surface area contributed by atoms with Crippen molar-refractivity contribution in [2.75, 3.05) is 31.9 Å². The Morgan fingerprint density at radius 1 is 0.974 bits per heavy atom. The Balaban J connectivity index is 1.85. The number of rotatable bonds is 24. The maximum atomic E-state index is 12.3. The van der Waals surface area contributed by atoms with Crippen molar-refractivity contribution in [2.24, 2.45) is 5.11 Å². The standard InChI is InChI=1S/C28H53N5O3S2/c1-28(2,19-17-27(36)33-22-18-25(34)24-33)38-37-23-21-30-26(35)16-14-12-10-8-6-4-3-5-7-9-11-13-15-20-31-32-29/h25,34H,3-24H2,1-2H3,(H,30,35)/t25-/m1/s1. The fourth-order valence-corrected chi connectivity index (χ4v) is 7.04. The number of hydrogen-bond acceptors (Lipinski definition) is 6. The second kappa shape index (κ2) is 22.7. The van der Waals surface area contributed by atoms with Gasteiger partial charge < -0.3 is 15.3 Å². The van der Waals surface area contributed by atoms with Crippen LogP contribution < -0.4 is 5.32 Å². The van der Waals surface area contributed by atoms with Gasteiger partial charge in [-0.1, -0.05) is 97.3 Å². The van der Waals surface area contributed by atoms with Crippen LogP contribution in [-0.4, -0.2) is 64.6 Å². The van der Waals surface area contributed by atoms with Gasteiger partial charge in [0.1, 0.15) is 0 Å². The highest BCUT2D eigenvalue weighted by Gasteiger charge is 2.27. The van der Waals surface area contributed by atoms with Gasteiger partial charge in [-0.25, -0.2) is 0 Å². The Morgan fingerprint density at radius 3 is 2.11 bits per heavy atom. The van der Waals surface area contributed by atoms with Gasteiger partial charge in [-0.3, -0.25) is 9.59 Å². The van der Waals surface area contributed by atoms with Crippen molar-refractivity contribution < 1.29 is 14.7 Å². The summed E-state index contributed by atoms with van der Waals surface area (Å²) in [6.45, 7) is 6.80. The lowest BCUT2D eigenvalue weighted by Gasteiger charge is -2.24. The van der Waals surface area contributed by atoms with Crippen LogP contribution in [0.5, 0.6) is 0 Å². The minimum Gasteiger partial charge on any atom is -0.391 e.